The zero-order valence-corrected chi connectivity index (χ0v) is 11.8. The summed E-state index contributed by atoms with van der Waals surface area (Å²) in [7, 11) is 0. The predicted octanol–water partition coefficient (Wildman–Crippen LogP) is 3.90. The van der Waals surface area contributed by atoms with Crippen LogP contribution in [0.3, 0.4) is 0 Å². The molecule has 114 valence electrons. The van der Waals surface area contributed by atoms with Gasteiger partial charge in [-0.05, 0) is 43.2 Å². The lowest BCUT2D eigenvalue weighted by Crippen LogP contribution is -2.42. The molecule has 1 aromatic rings. The van der Waals surface area contributed by atoms with Gasteiger partial charge in [0.1, 0.15) is 0 Å². The molecule has 1 aliphatic heterocycles. The van der Waals surface area contributed by atoms with Crippen molar-refractivity contribution in [1.29, 1.82) is 0 Å². The zero-order valence-electron chi connectivity index (χ0n) is 11.8. The van der Waals surface area contributed by atoms with Gasteiger partial charge in [-0.2, -0.15) is 0 Å². The molecule has 3 rings (SSSR count). The molecule has 1 aliphatic carbocycles. The molecule has 2 nitrogen and oxygen atoms in total. The predicted molar refractivity (Wildman–Crippen MR) is 72.4 cm³/mol. The summed E-state index contributed by atoms with van der Waals surface area (Å²) >= 11 is 0. The van der Waals surface area contributed by atoms with Gasteiger partial charge in [0.15, 0.2) is 17.5 Å². The van der Waals surface area contributed by atoms with Crippen molar-refractivity contribution in [3.63, 3.8) is 0 Å². The van der Waals surface area contributed by atoms with Gasteiger partial charge in [-0.3, -0.25) is 4.79 Å². The molecule has 1 spiro atoms. The minimum Gasteiger partial charge on any atom is -0.339 e. The van der Waals surface area contributed by atoms with Crippen molar-refractivity contribution in [2.24, 2.45) is 5.41 Å². The van der Waals surface area contributed by atoms with E-state index < -0.39 is 23.4 Å². The molecule has 0 aromatic heterocycles. The molecule has 21 heavy (non-hydrogen) atoms. The maximum absolute atomic E-state index is 13.2. The maximum Gasteiger partial charge on any atom is 0.254 e. The first-order valence-corrected chi connectivity index (χ1v) is 7.45. The third-order valence-electron chi connectivity index (χ3n) is 5.01. The number of benzene rings is 1. The number of likely N-dealkylation sites (tertiary alicyclic amines) is 1. The normalized spacial score (nSPS) is 21.0. The Kier molecular flexibility index (Phi) is 3.68. The van der Waals surface area contributed by atoms with E-state index in [-0.39, 0.29) is 5.56 Å². The number of nitrogens with zero attached hydrogens (tertiary/aromatic N) is 1. The van der Waals surface area contributed by atoms with E-state index in [4.69, 9.17) is 0 Å². The second kappa shape index (κ2) is 5.35. The van der Waals surface area contributed by atoms with Crippen LogP contribution in [0.5, 0.6) is 0 Å². The van der Waals surface area contributed by atoms with Crippen LogP contribution in [0.25, 0.3) is 0 Å². The molecule has 1 heterocycles. The van der Waals surface area contributed by atoms with E-state index in [1.165, 1.54) is 25.7 Å². The third-order valence-corrected chi connectivity index (χ3v) is 5.01. The van der Waals surface area contributed by atoms with Crippen molar-refractivity contribution in [3.05, 3.63) is 35.1 Å². The number of rotatable bonds is 1. The molecule has 0 atom stereocenters. The third kappa shape index (κ3) is 2.65. The fourth-order valence-electron chi connectivity index (χ4n) is 3.67. The largest absolute Gasteiger partial charge is 0.339 e. The minimum absolute atomic E-state index is 0.117. The first-order valence-electron chi connectivity index (χ1n) is 7.45. The van der Waals surface area contributed by atoms with E-state index in [2.05, 4.69) is 0 Å². The Balaban J connectivity index is 1.72. The number of carbonyl (C=O) groups excluding carboxylic acids is 1. The van der Waals surface area contributed by atoms with Gasteiger partial charge in [0.25, 0.3) is 5.91 Å². The molecule has 0 bridgehead atoms. The van der Waals surface area contributed by atoms with Crippen LogP contribution in [-0.4, -0.2) is 23.9 Å². The second-order valence-corrected chi connectivity index (χ2v) is 6.25. The Morgan fingerprint density at radius 3 is 2.00 bits per heavy atom. The van der Waals surface area contributed by atoms with Crippen LogP contribution in [0.2, 0.25) is 0 Å². The number of hydrogen-bond acceptors (Lipinski definition) is 1. The van der Waals surface area contributed by atoms with Gasteiger partial charge in [-0.15, -0.1) is 0 Å². The molecule has 5 heteroatoms. The Morgan fingerprint density at radius 2 is 1.48 bits per heavy atom. The molecule has 0 radical (unpaired) electrons. The number of halogens is 3. The van der Waals surface area contributed by atoms with Gasteiger partial charge in [0.05, 0.1) is 0 Å². The summed E-state index contributed by atoms with van der Waals surface area (Å²) in [5.74, 6) is -4.58. The lowest BCUT2D eigenvalue weighted by Gasteiger charge is -2.39. The van der Waals surface area contributed by atoms with Gasteiger partial charge in [-0.1, -0.05) is 12.8 Å². The minimum atomic E-state index is -1.53. The Morgan fingerprint density at radius 1 is 0.952 bits per heavy atom. The second-order valence-electron chi connectivity index (χ2n) is 6.25. The maximum atomic E-state index is 13.2. The summed E-state index contributed by atoms with van der Waals surface area (Å²) in [5.41, 5.74) is 0.254. The van der Waals surface area contributed by atoms with Crippen molar-refractivity contribution >= 4 is 5.91 Å². The first kappa shape index (κ1) is 14.4. The van der Waals surface area contributed by atoms with Crippen LogP contribution in [0.1, 0.15) is 48.9 Å². The van der Waals surface area contributed by atoms with Crippen molar-refractivity contribution in [3.8, 4) is 0 Å². The lowest BCUT2D eigenvalue weighted by molar-refractivity contribution is 0.0586. The quantitative estimate of drug-likeness (QED) is 0.720. The zero-order chi connectivity index (χ0) is 15.0. The van der Waals surface area contributed by atoms with E-state index in [0.29, 0.717) is 18.5 Å². The fourth-order valence-corrected chi connectivity index (χ4v) is 3.67. The molecular formula is C16H18F3NO. The number of carbonyl (C=O) groups is 1. The summed E-state index contributed by atoms with van der Waals surface area (Å²) in [6.07, 6.45) is 6.84. The lowest BCUT2D eigenvalue weighted by atomic mass is 9.77. The van der Waals surface area contributed by atoms with Crippen LogP contribution < -0.4 is 0 Å². The van der Waals surface area contributed by atoms with Gasteiger partial charge in [0.2, 0.25) is 0 Å². The summed E-state index contributed by atoms with van der Waals surface area (Å²) in [6.45, 7) is 1.22. The van der Waals surface area contributed by atoms with Crippen LogP contribution in [0, 0.1) is 22.9 Å². The Hall–Kier alpha value is -1.52. The Labute approximate surface area is 121 Å². The van der Waals surface area contributed by atoms with Crippen molar-refractivity contribution < 1.29 is 18.0 Å². The summed E-state index contributed by atoms with van der Waals surface area (Å²) in [6, 6.07) is 1.56. The van der Waals surface area contributed by atoms with E-state index in [1.807, 2.05) is 0 Å². The van der Waals surface area contributed by atoms with E-state index in [9.17, 15) is 18.0 Å². The topological polar surface area (TPSA) is 20.3 Å². The van der Waals surface area contributed by atoms with Crippen molar-refractivity contribution in [2.45, 2.75) is 38.5 Å². The van der Waals surface area contributed by atoms with Crippen molar-refractivity contribution in [2.75, 3.05) is 13.1 Å². The highest BCUT2D eigenvalue weighted by molar-refractivity contribution is 5.94. The highest BCUT2D eigenvalue weighted by atomic mass is 19.2. The van der Waals surface area contributed by atoms with Gasteiger partial charge < -0.3 is 4.90 Å². The molecule has 1 saturated heterocycles. The molecule has 0 unspecified atom stereocenters. The summed E-state index contributed by atoms with van der Waals surface area (Å²) in [4.78, 5) is 13.9. The van der Waals surface area contributed by atoms with E-state index >= 15 is 0 Å². The van der Waals surface area contributed by atoms with Crippen LogP contribution in [0.15, 0.2) is 12.1 Å². The molecular weight excluding hydrogens is 279 g/mol. The smallest absolute Gasteiger partial charge is 0.254 e. The monoisotopic (exact) mass is 297 g/mol. The first-order chi connectivity index (χ1) is 10.0. The van der Waals surface area contributed by atoms with Gasteiger partial charge in [0, 0.05) is 18.7 Å². The van der Waals surface area contributed by atoms with Gasteiger partial charge in [-0.25, -0.2) is 13.2 Å². The number of hydrogen-bond donors (Lipinski definition) is 0. The van der Waals surface area contributed by atoms with Crippen LogP contribution >= 0.6 is 0 Å². The van der Waals surface area contributed by atoms with Crippen LogP contribution in [0.4, 0.5) is 13.2 Å². The Bertz CT molecular complexity index is 534. The molecule has 1 amide bonds. The molecule has 2 fully saturated rings. The molecule has 1 aromatic carbocycles. The average Bonchev–Trinajstić information content (AvgIpc) is 2.92. The highest BCUT2D eigenvalue weighted by Gasteiger charge is 2.38. The van der Waals surface area contributed by atoms with Gasteiger partial charge >= 0.3 is 0 Å². The highest BCUT2D eigenvalue weighted by Crippen LogP contribution is 2.46. The fraction of sp³-hybridized carbons (Fsp3) is 0.562. The number of piperidine rings is 1. The average molecular weight is 297 g/mol. The molecule has 2 aliphatic rings. The number of amides is 1. The van der Waals surface area contributed by atoms with Crippen molar-refractivity contribution in [1.82, 2.24) is 4.90 Å². The summed E-state index contributed by atoms with van der Waals surface area (Å²) in [5, 5.41) is 0. The molecule has 0 N–H and O–H groups in total. The van der Waals surface area contributed by atoms with E-state index in [1.54, 1.807) is 4.90 Å². The molecule has 1 saturated carbocycles. The summed E-state index contributed by atoms with van der Waals surface area (Å²) < 4.78 is 39.4. The standard InChI is InChI=1S/C16H18F3NO/c17-12-9-11(10-13(18)14(12)19)15(21)20-7-5-16(6-8-20)3-1-2-4-16/h9-10H,1-8H2. The van der Waals surface area contributed by atoms with Crippen LogP contribution in [-0.2, 0) is 0 Å². The van der Waals surface area contributed by atoms with E-state index in [0.717, 1.165) is 25.0 Å². The SMILES string of the molecule is O=C(c1cc(F)c(F)c(F)c1)N1CCC2(CCCC2)CC1.